The van der Waals surface area contributed by atoms with E-state index in [1.807, 2.05) is 0 Å². The normalized spacial score (nSPS) is 24.9. The fourth-order valence-corrected chi connectivity index (χ4v) is 2.89. The maximum absolute atomic E-state index is 2.46. The molecule has 1 atom stereocenters. The van der Waals surface area contributed by atoms with Crippen LogP contribution in [0.1, 0.15) is 43.9 Å². The summed E-state index contributed by atoms with van der Waals surface area (Å²) in [5.74, 6) is 0. The lowest BCUT2D eigenvalue weighted by Gasteiger charge is -2.29. The highest BCUT2D eigenvalue weighted by Gasteiger charge is 2.30. The lowest BCUT2D eigenvalue weighted by atomic mass is 9.78. The van der Waals surface area contributed by atoms with E-state index in [9.17, 15) is 0 Å². The number of rotatable bonds is 0. The number of hydrogen-bond acceptors (Lipinski definition) is 1. The molecule has 0 aliphatic carbocycles. The van der Waals surface area contributed by atoms with Crippen LogP contribution in [0.2, 0.25) is 0 Å². The van der Waals surface area contributed by atoms with Gasteiger partial charge in [0.1, 0.15) is 0 Å². The molecule has 0 amide bonds. The van der Waals surface area contributed by atoms with Crippen LogP contribution in [0.3, 0.4) is 0 Å². The Labute approximate surface area is 99.5 Å². The maximum atomic E-state index is 2.46. The highest BCUT2D eigenvalue weighted by Crippen LogP contribution is 2.36. The summed E-state index contributed by atoms with van der Waals surface area (Å²) < 4.78 is 0. The van der Waals surface area contributed by atoms with Crippen molar-refractivity contribution in [2.75, 3.05) is 7.05 Å². The average Bonchev–Trinajstić information content (AvgIpc) is 2.26. The topological polar surface area (TPSA) is 3.24 Å². The second-order valence-corrected chi connectivity index (χ2v) is 6.01. The summed E-state index contributed by atoms with van der Waals surface area (Å²) in [5.41, 5.74) is 4.72. The molecular formula is C15H23N. The van der Waals surface area contributed by atoms with E-state index in [0.717, 1.165) is 6.54 Å². The van der Waals surface area contributed by atoms with E-state index in [1.54, 1.807) is 5.56 Å². The van der Waals surface area contributed by atoms with Crippen molar-refractivity contribution in [2.45, 2.75) is 52.1 Å². The van der Waals surface area contributed by atoms with Gasteiger partial charge in [-0.1, -0.05) is 37.6 Å². The van der Waals surface area contributed by atoms with Crippen molar-refractivity contribution in [1.29, 1.82) is 0 Å². The largest absolute Gasteiger partial charge is 0.299 e. The second kappa shape index (κ2) is 3.89. The molecule has 0 saturated heterocycles. The summed E-state index contributed by atoms with van der Waals surface area (Å²) >= 11 is 0. The summed E-state index contributed by atoms with van der Waals surface area (Å²) in [6, 6.07) is 7.57. The molecule has 0 saturated carbocycles. The van der Waals surface area contributed by atoms with E-state index in [0.29, 0.717) is 11.5 Å². The SMILES string of the molecule is Cc1ccc2c(c1)C(C)(C)CC(C)N(C)C2. The molecule has 0 fully saturated rings. The van der Waals surface area contributed by atoms with E-state index in [2.05, 4.69) is 57.8 Å². The third kappa shape index (κ3) is 2.01. The van der Waals surface area contributed by atoms with Gasteiger partial charge in [-0.3, -0.25) is 4.90 Å². The molecular weight excluding hydrogens is 194 g/mol. The number of aryl methyl sites for hydroxylation is 1. The van der Waals surface area contributed by atoms with Crippen LogP contribution < -0.4 is 0 Å². The minimum absolute atomic E-state index is 0.297. The zero-order valence-electron chi connectivity index (χ0n) is 11.2. The van der Waals surface area contributed by atoms with Crippen LogP contribution in [-0.2, 0) is 12.0 Å². The van der Waals surface area contributed by atoms with Crippen molar-refractivity contribution in [1.82, 2.24) is 4.90 Å². The van der Waals surface area contributed by atoms with Gasteiger partial charge in [-0.05, 0) is 43.9 Å². The third-order valence-corrected chi connectivity index (χ3v) is 3.97. The van der Waals surface area contributed by atoms with Gasteiger partial charge in [-0.15, -0.1) is 0 Å². The molecule has 2 rings (SSSR count). The first-order valence-corrected chi connectivity index (χ1v) is 6.20. The molecule has 1 unspecified atom stereocenters. The van der Waals surface area contributed by atoms with E-state index in [4.69, 9.17) is 0 Å². The molecule has 1 aromatic rings. The summed E-state index contributed by atoms with van der Waals surface area (Å²) in [5, 5.41) is 0. The maximum Gasteiger partial charge on any atom is 0.0236 e. The Morgan fingerprint density at radius 3 is 2.69 bits per heavy atom. The van der Waals surface area contributed by atoms with Gasteiger partial charge in [0.2, 0.25) is 0 Å². The van der Waals surface area contributed by atoms with Crippen molar-refractivity contribution >= 4 is 0 Å². The highest BCUT2D eigenvalue weighted by molar-refractivity contribution is 5.37. The fourth-order valence-electron chi connectivity index (χ4n) is 2.89. The molecule has 1 heterocycles. The van der Waals surface area contributed by atoms with E-state index in [-0.39, 0.29) is 0 Å². The molecule has 0 radical (unpaired) electrons. The zero-order valence-corrected chi connectivity index (χ0v) is 11.2. The first kappa shape index (κ1) is 11.7. The Balaban J connectivity index is 2.52. The molecule has 16 heavy (non-hydrogen) atoms. The third-order valence-electron chi connectivity index (χ3n) is 3.97. The number of benzene rings is 1. The van der Waals surface area contributed by atoms with Crippen molar-refractivity contribution in [3.05, 3.63) is 34.9 Å². The molecule has 1 aliphatic heterocycles. The van der Waals surface area contributed by atoms with Crippen molar-refractivity contribution in [2.24, 2.45) is 0 Å². The Morgan fingerprint density at radius 2 is 2.00 bits per heavy atom. The summed E-state index contributed by atoms with van der Waals surface area (Å²) in [6.07, 6.45) is 1.24. The Kier molecular flexibility index (Phi) is 2.83. The standard InChI is InChI=1S/C15H23N/c1-11-6-7-13-10-16(5)12(2)9-15(3,4)14(13)8-11/h6-8,12H,9-10H2,1-5H3. The molecule has 1 heteroatoms. The van der Waals surface area contributed by atoms with Crippen LogP contribution in [0.25, 0.3) is 0 Å². The van der Waals surface area contributed by atoms with Gasteiger partial charge in [0.05, 0.1) is 0 Å². The summed E-state index contributed by atoms with van der Waals surface area (Å²) in [6.45, 7) is 10.4. The predicted octanol–water partition coefficient (Wildman–Crippen LogP) is 3.50. The first-order valence-electron chi connectivity index (χ1n) is 6.20. The van der Waals surface area contributed by atoms with Crippen LogP contribution in [0.15, 0.2) is 18.2 Å². The molecule has 1 aromatic carbocycles. The Morgan fingerprint density at radius 1 is 1.31 bits per heavy atom. The van der Waals surface area contributed by atoms with Gasteiger partial charge in [-0.2, -0.15) is 0 Å². The van der Waals surface area contributed by atoms with Gasteiger partial charge >= 0.3 is 0 Å². The Hall–Kier alpha value is -0.820. The molecule has 0 spiro atoms. The zero-order chi connectivity index (χ0) is 11.9. The van der Waals surface area contributed by atoms with Crippen LogP contribution in [-0.4, -0.2) is 18.0 Å². The molecule has 0 bridgehead atoms. The number of hydrogen-bond donors (Lipinski definition) is 0. The lowest BCUT2D eigenvalue weighted by molar-refractivity contribution is 0.224. The minimum Gasteiger partial charge on any atom is -0.299 e. The Bertz CT molecular complexity index is 392. The molecule has 0 aromatic heterocycles. The van der Waals surface area contributed by atoms with Crippen LogP contribution in [0.4, 0.5) is 0 Å². The molecule has 88 valence electrons. The quantitative estimate of drug-likeness (QED) is 0.643. The van der Waals surface area contributed by atoms with Gasteiger partial charge < -0.3 is 0 Å². The van der Waals surface area contributed by atoms with Crippen LogP contribution in [0.5, 0.6) is 0 Å². The minimum atomic E-state index is 0.297. The van der Waals surface area contributed by atoms with E-state index >= 15 is 0 Å². The van der Waals surface area contributed by atoms with Gasteiger partial charge in [0.15, 0.2) is 0 Å². The molecule has 0 N–H and O–H groups in total. The summed E-state index contributed by atoms with van der Waals surface area (Å²) in [4.78, 5) is 2.46. The smallest absolute Gasteiger partial charge is 0.0236 e. The number of fused-ring (bicyclic) bond motifs is 1. The molecule has 1 aliphatic rings. The predicted molar refractivity (Wildman–Crippen MR) is 69.8 cm³/mol. The van der Waals surface area contributed by atoms with Gasteiger partial charge in [-0.25, -0.2) is 0 Å². The first-order chi connectivity index (χ1) is 7.40. The number of nitrogens with zero attached hydrogens (tertiary/aromatic N) is 1. The second-order valence-electron chi connectivity index (χ2n) is 6.01. The molecule has 1 nitrogen and oxygen atoms in total. The van der Waals surface area contributed by atoms with Crippen LogP contribution >= 0.6 is 0 Å². The van der Waals surface area contributed by atoms with Crippen LogP contribution in [0, 0.1) is 6.92 Å². The van der Waals surface area contributed by atoms with Crippen molar-refractivity contribution < 1.29 is 0 Å². The lowest BCUT2D eigenvalue weighted by Crippen LogP contribution is -2.30. The van der Waals surface area contributed by atoms with Crippen molar-refractivity contribution in [3.63, 3.8) is 0 Å². The monoisotopic (exact) mass is 217 g/mol. The average molecular weight is 217 g/mol. The highest BCUT2D eigenvalue weighted by atomic mass is 15.1. The van der Waals surface area contributed by atoms with Gasteiger partial charge in [0.25, 0.3) is 0 Å². The van der Waals surface area contributed by atoms with E-state index in [1.165, 1.54) is 17.5 Å². The summed E-state index contributed by atoms with van der Waals surface area (Å²) in [7, 11) is 2.23. The fraction of sp³-hybridized carbons (Fsp3) is 0.600. The van der Waals surface area contributed by atoms with Gasteiger partial charge in [0, 0.05) is 12.6 Å². The van der Waals surface area contributed by atoms with Crippen molar-refractivity contribution in [3.8, 4) is 0 Å². The van der Waals surface area contributed by atoms with E-state index < -0.39 is 0 Å².